The Morgan fingerprint density at radius 2 is 0.967 bits per heavy atom. The molecule has 14 heteroatoms. The monoisotopic (exact) mass is 473 g/mol. The first kappa shape index (κ1) is 24.0. The minimum absolute atomic E-state index is 0.0731. The Labute approximate surface area is 163 Å². The van der Waals surface area contributed by atoms with Gasteiger partial charge in [-0.05, 0) is 30.3 Å². The highest BCUT2D eigenvalue weighted by Gasteiger charge is 2.40. The van der Waals surface area contributed by atoms with E-state index in [0.29, 0.717) is 0 Å². The van der Waals surface area contributed by atoms with Crippen molar-refractivity contribution in [2.75, 3.05) is 5.73 Å². The molecule has 0 unspecified atom stereocenters. The molecule has 0 aliphatic heterocycles. The zero-order valence-electron chi connectivity index (χ0n) is 13.9. The number of benzene rings is 2. The van der Waals surface area contributed by atoms with Crippen LogP contribution in [0.4, 0.5) is 58.4 Å². The molecule has 0 bridgehead atoms. The summed E-state index contributed by atoms with van der Waals surface area (Å²) in [6.07, 6.45) is -21.1. The van der Waals surface area contributed by atoms with E-state index < -0.39 is 62.4 Å². The van der Waals surface area contributed by atoms with Crippen LogP contribution in [0, 0.1) is 0 Å². The predicted molar refractivity (Wildman–Crippen MR) is 81.4 cm³/mol. The molecule has 2 rings (SSSR count). The number of alkyl halides is 12. The van der Waals surface area contributed by atoms with Crippen LogP contribution in [0.5, 0.6) is 0 Å². The fourth-order valence-electron chi connectivity index (χ4n) is 2.26. The fourth-order valence-corrected chi connectivity index (χ4v) is 3.35. The third-order valence-electron chi connectivity index (χ3n) is 3.55. The lowest BCUT2D eigenvalue weighted by Gasteiger charge is -2.19. The van der Waals surface area contributed by atoms with Crippen molar-refractivity contribution in [2.24, 2.45) is 0 Å². The van der Waals surface area contributed by atoms with Gasteiger partial charge in [-0.15, -0.1) is 0 Å². The molecule has 166 valence electrons. The summed E-state index contributed by atoms with van der Waals surface area (Å²) in [7, 11) is 0. The normalized spacial score (nSPS) is 13.6. The Morgan fingerprint density at radius 3 is 1.33 bits per heavy atom. The number of anilines is 1. The van der Waals surface area contributed by atoms with Crippen molar-refractivity contribution in [3.05, 3.63) is 52.6 Å². The quantitative estimate of drug-likeness (QED) is 0.361. The van der Waals surface area contributed by atoms with E-state index in [1.54, 1.807) is 0 Å². The first-order valence-electron chi connectivity index (χ1n) is 7.35. The maximum atomic E-state index is 13.2. The topological polar surface area (TPSA) is 26.0 Å². The van der Waals surface area contributed by atoms with E-state index in [2.05, 4.69) is 0 Å². The number of hydrogen-bond acceptors (Lipinski definition) is 2. The largest absolute Gasteiger partial charge is 0.418 e. The standard InChI is InChI=1S/C16H7F12NS/c17-13(18,19)6-1-7(14(20,21)22)3-8(2-6)30-12-5-9(15(23,24)25)11(29)4-10(12)16(26,27)28/h1-5H,29H2. The van der Waals surface area contributed by atoms with E-state index >= 15 is 0 Å². The number of nitrogen functional groups attached to an aromatic ring is 1. The molecule has 0 aliphatic rings. The molecule has 2 aromatic carbocycles. The SMILES string of the molecule is Nc1cc(C(F)(F)F)c(Sc2cc(C(F)(F)F)cc(C(F)(F)F)c2)cc1C(F)(F)F. The lowest BCUT2D eigenvalue weighted by molar-refractivity contribution is -0.143. The van der Waals surface area contributed by atoms with Gasteiger partial charge in [-0.1, -0.05) is 11.8 Å². The summed E-state index contributed by atoms with van der Waals surface area (Å²) in [5, 5.41) is 0. The zero-order chi connectivity index (χ0) is 23.3. The Hall–Kier alpha value is -2.25. The molecule has 0 aliphatic carbocycles. The van der Waals surface area contributed by atoms with Crippen molar-refractivity contribution < 1.29 is 52.7 Å². The van der Waals surface area contributed by atoms with Crippen molar-refractivity contribution in [2.45, 2.75) is 34.5 Å². The summed E-state index contributed by atoms with van der Waals surface area (Å²) >= 11 is -0.335. The summed E-state index contributed by atoms with van der Waals surface area (Å²) in [6.45, 7) is 0. The Morgan fingerprint density at radius 1 is 0.533 bits per heavy atom. The molecule has 0 saturated carbocycles. The predicted octanol–water partition coefficient (Wildman–Crippen LogP) is 7.50. The molecule has 0 fully saturated rings. The first-order valence-corrected chi connectivity index (χ1v) is 8.17. The highest BCUT2D eigenvalue weighted by molar-refractivity contribution is 7.99. The number of hydrogen-bond donors (Lipinski definition) is 1. The molecular weight excluding hydrogens is 466 g/mol. The van der Waals surface area contributed by atoms with E-state index in [1.807, 2.05) is 0 Å². The van der Waals surface area contributed by atoms with Crippen LogP contribution in [0.25, 0.3) is 0 Å². The number of rotatable bonds is 2. The highest BCUT2D eigenvalue weighted by Crippen LogP contribution is 2.46. The van der Waals surface area contributed by atoms with Crippen molar-refractivity contribution in [3.63, 3.8) is 0 Å². The molecule has 30 heavy (non-hydrogen) atoms. The highest BCUT2D eigenvalue weighted by atomic mass is 32.2. The van der Waals surface area contributed by atoms with Gasteiger partial charge in [0.2, 0.25) is 0 Å². The molecular formula is C16H7F12NS. The second kappa shape index (κ2) is 7.46. The van der Waals surface area contributed by atoms with E-state index in [0.717, 1.165) is 0 Å². The van der Waals surface area contributed by atoms with Gasteiger partial charge in [-0.3, -0.25) is 0 Å². The van der Waals surface area contributed by atoms with Crippen LogP contribution in [0.3, 0.4) is 0 Å². The van der Waals surface area contributed by atoms with Crippen molar-refractivity contribution >= 4 is 17.4 Å². The van der Waals surface area contributed by atoms with E-state index in [9.17, 15) is 52.7 Å². The van der Waals surface area contributed by atoms with Crippen LogP contribution in [0.15, 0.2) is 40.1 Å². The van der Waals surface area contributed by atoms with Crippen LogP contribution < -0.4 is 5.73 Å². The molecule has 0 amide bonds. The van der Waals surface area contributed by atoms with Crippen LogP contribution in [0.1, 0.15) is 22.3 Å². The van der Waals surface area contributed by atoms with Crippen molar-refractivity contribution in [3.8, 4) is 0 Å². The minimum atomic E-state index is -5.29. The fraction of sp³-hybridized carbons (Fsp3) is 0.250. The van der Waals surface area contributed by atoms with Gasteiger partial charge in [0.05, 0.1) is 22.3 Å². The van der Waals surface area contributed by atoms with Gasteiger partial charge in [-0.25, -0.2) is 0 Å². The summed E-state index contributed by atoms with van der Waals surface area (Å²) in [5.41, 5.74) is -3.44. The molecule has 2 N–H and O–H groups in total. The average molecular weight is 473 g/mol. The van der Waals surface area contributed by atoms with Crippen molar-refractivity contribution in [1.29, 1.82) is 0 Å². The van der Waals surface area contributed by atoms with Crippen LogP contribution in [-0.2, 0) is 24.7 Å². The molecule has 0 saturated heterocycles. The molecule has 0 spiro atoms. The molecule has 0 atom stereocenters. The second-order valence-electron chi connectivity index (χ2n) is 5.77. The summed E-state index contributed by atoms with van der Waals surface area (Å²) in [4.78, 5) is -2.27. The smallest absolute Gasteiger partial charge is 0.398 e. The lowest BCUT2D eigenvalue weighted by Crippen LogP contribution is -2.14. The van der Waals surface area contributed by atoms with Gasteiger partial charge < -0.3 is 5.73 Å². The van der Waals surface area contributed by atoms with Gasteiger partial charge in [0.15, 0.2) is 0 Å². The molecule has 0 radical (unpaired) electrons. The third kappa shape index (κ3) is 5.46. The van der Waals surface area contributed by atoms with E-state index in [1.165, 1.54) is 0 Å². The van der Waals surface area contributed by atoms with E-state index in [4.69, 9.17) is 5.73 Å². The maximum absolute atomic E-state index is 13.2. The molecule has 2 aromatic rings. The molecule has 0 aromatic heterocycles. The lowest BCUT2D eigenvalue weighted by atomic mass is 10.1. The first-order chi connectivity index (χ1) is 13.3. The molecule has 1 nitrogen and oxygen atoms in total. The van der Waals surface area contributed by atoms with Gasteiger partial charge in [0.1, 0.15) is 0 Å². The van der Waals surface area contributed by atoms with Gasteiger partial charge >= 0.3 is 24.7 Å². The summed E-state index contributed by atoms with van der Waals surface area (Å²) < 4.78 is 156. The van der Waals surface area contributed by atoms with Crippen LogP contribution >= 0.6 is 11.8 Å². The Bertz CT molecular complexity index is 905. The number of nitrogens with two attached hydrogens (primary N) is 1. The van der Waals surface area contributed by atoms with Crippen LogP contribution in [0.2, 0.25) is 0 Å². The summed E-state index contributed by atoms with van der Waals surface area (Å²) in [5.74, 6) is 0. The van der Waals surface area contributed by atoms with Crippen LogP contribution in [-0.4, -0.2) is 0 Å². The van der Waals surface area contributed by atoms with Gasteiger partial charge in [0.25, 0.3) is 0 Å². The Kier molecular flexibility index (Phi) is 5.98. The average Bonchev–Trinajstić information content (AvgIpc) is 2.52. The second-order valence-corrected chi connectivity index (χ2v) is 6.89. The van der Waals surface area contributed by atoms with Crippen molar-refractivity contribution in [1.82, 2.24) is 0 Å². The Balaban J connectivity index is 2.72. The maximum Gasteiger partial charge on any atom is 0.418 e. The van der Waals surface area contributed by atoms with Gasteiger partial charge in [0, 0.05) is 15.5 Å². The zero-order valence-corrected chi connectivity index (χ0v) is 14.7. The number of halogens is 12. The van der Waals surface area contributed by atoms with E-state index in [-0.39, 0.29) is 42.1 Å². The summed E-state index contributed by atoms with van der Waals surface area (Å²) in [6, 6.07) is -0.216. The molecule has 0 heterocycles. The van der Waals surface area contributed by atoms with Gasteiger partial charge in [-0.2, -0.15) is 52.7 Å². The third-order valence-corrected chi connectivity index (χ3v) is 4.58. The minimum Gasteiger partial charge on any atom is -0.398 e.